The molecule has 0 aromatic heterocycles. The largest absolute Gasteiger partial charge is 0.424 e. The van der Waals surface area contributed by atoms with Crippen LogP contribution in [0.2, 0.25) is 0 Å². The Morgan fingerprint density at radius 3 is 2.36 bits per heavy atom. The molecule has 0 aliphatic rings. The molecule has 0 radical (unpaired) electrons. The maximum absolute atomic E-state index is 11.3. The molecule has 5 heteroatoms. The zero-order valence-corrected chi connectivity index (χ0v) is 10.8. The van der Waals surface area contributed by atoms with E-state index in [1.807, 2.05) is 6.92 Å². The standard InChI is InChI=1S/C9H20ClO3P/c1-4-7-12-14(10,11)13-8-5-6-9(2)3/h9H,4-8H2,1-3H3. The Morgan fingerprint density at radius 2 is 1.86 bits per heavy atom. The van der Waals surface area contributed by atoms with Crippen molar-refractivity contribution < 1.29 is 13.6 Å². The van der Waals surface area contributed by atoms with Crippen LogP contribution in [0.15, 0.2) is 0 Å². The minimum absolute atomic E-state index is 0.380. The van der Waals surface area contributed by atoms with Crippen molar-refractivity contribution in [2.24, 2.45) is 5.92 Å². The van der Waals surface area contributed by atoms with Gasteiger partial charge >= 0.3 is 6.95 Å². The molecule has 0 bridgehead atoms. The van der Waals surface area contributed by atoms with E-state index in [1.165, 1.54) is 0 Å². The highest BCUT2D eigenvalue weighted by atomic mass is 35.7. The van der Waals surface area contributed by atoms with Crippen molar-refractivity contribution >= 4 is 18.2 Å². The van der Waals surface area contributed by atoms with Gasteiger partial charge in [0.2, 0.25) is 0 Å². The molecule has 0 aliphatic carbocycles. The van der Waals surface area contributed by atoms with E-state index in [0.717, 1.165) is 19.3 Å². The van der Waals surface area contributed by atoms with Gasteiger partial charge in [0.25, 0.3) is 0 Å². The fourth-order valence-corrected chi connectivity index (χ4v) is 2.14. The lowest BCUT2D eigenvalue weighted by atomic mass is 10.1. The van der Waals surface area contributed by atoms with Gasteiger partial charge in [-0.05, 0) is 25.2 Å². The van der Waals surface area contributed by atoms with Crippen LogP contribution in [0, 0.1) is 5.92 Å². The molecule has 3 nitrogen and oxygen atoms in total. The lowest BCUT2D eigenvalue weighted by Gasteiger charge is -2.11. The average Bonchev–Trinajstić information content (AvgIpc) is 2.09. The van der Waals surface area contributed by atoms with Crippen LogP contribution in [-0.4, -0.2) is 13.2 Å². The van der Waals surface area contributed by atoms with Gasteiger partial charge in [-0.2, -0.15) is 0 Å². The molecule has 1 atom stereocenters. The fourth-order valence-electron chi connectivity index (χ4n) is 0.903. The molecule has 0 saturated carbocycles. The predicted octanol–water partition coefficient (Wildman–Crippen LogP) is 4.21. The molecule has 0 aromatic rings. The minimum atomic E-state index is -3.30. The lowest BCUT2D eigenvalue weighted by molar-refractivity contribution is 0.213. The van der Waals surface area contributed by atoms with Crippen molar-refractivity contribution in [3.63, 3.8) is 0 Å². The lowest BCUT2D eigenvalue weighted by Crippen LogP contribution is -1.96. The summed E-state index contributed by atoms with van der Waals surface area (Å²) in [5.74, 6) is 0.630. The minimum Gasteiger partial charge on any atom is -0.297 e. The highest BCUT2D eigenvalue weighted by Crippen LogP contribution is 2.53. The van der Waals surface area contributed by atoms with Crippen molar-refractivity contribution in [2.75, 3.05) is 13.2 Å². The Kier molecular flexibility index (Phi) is 7.94. The van der Waals surface area contributed by atoms with E-state index in [2.05, 4.69) is 13.8 Å². The Hall–Kier alpha value is 0.440. The Morgan fingerprint density at radius 1 is 1.29 bits per heavy atom. The van der Waals surface area contributed by atoms with E-state index in [9.17, 15) is 4.57 Å². The van der Waals surface area contributed by atoms with Crippen molar-refractivity contribution in [1.82, 2.24) is 0 Å². The second-order valence-corrected chi connectivity index (χ2v) is 6.25. The van der Waals surface area contributed by atoms with E-state index in [-0.39, 0.29) is 0 Å². The molecule has 0 rings (SSSR count). The predicted molar refractivity (Wildman–Crippen MR) is 59.7 cm³/mol. The van der Waals surface area contributed by atoms with Gasteiger partial charge in [0.1, 0.15) is 0 Å². The Balaban J connectivity index is 3.50. The maximum Gasteiger partial charge on any atom is 0.424 e. The molecule has 0 N–H and O–H groups in total. The van der Waals surface area contributed by atoms with Crippen molar-refractivity contribution in [1.29, 1.82) is 0 Å². The van der Waals surface area contributed by atoms with Gasteiger partial charge < -0.3 is 0 Å². The van der Waals surface area contributed by atoms with E-state index in [0.29, 0.717) is 19.1 Å². The monoisotopic (exact) mass is 242 g/mol. The molecule has 0 saturated heterocycles. The van der Waals surface area contributed by atoms with Gasteiger partial charge in [-0.15, -0.1) is 0 Å². The molecule has 0 aliphatic heterocycles. The summed E-state index contributed by atoms with van der Waals surface area (Å²) in [5.41, 5.74) is 0. The van der Waals surface area contributed by atoms with Gasteiger partial charge in [-0.25, -0.2) is 4.57 Å². The Bertz CT molecular complexity index is 185. The second-order valence-electron chi connectivity index (χ2n) is 3.63. The summed E-state index contributed by atoms with van der Waals surface area (Å²) in [6.07, 6.45) is 2.70. The van der Waals surface area contributed by atoms with Gasteiger partial charge in [-0.1, -0.05) is 20.8 Å². The van der Waals surface area contributed by atoms with Crippen molar-refractivity contribution in [3.05, 3.63) is 0 Å². The number of rotatable bonds is 8. The summed E-state index contributed by atoms with van der Waals surface area (Å²) < 4.78 is 21.2. The molecular formula is C9H20ClO3P. The number of hydrogen-bond acceptors (Lipinski definition) is 3. The fraction of sp³-hybridized carbons (Fsp3) is 1.00. The molecule has 14 heavy (non-hydrogen) atoms. The third-order valence-electron chi connectivity index (χ3n) is 1.62. The Labute approximate surface area is 91.4 Å². The van der Waals surface area contributed by atoms with E-state index >= 15 is 0 Å². The second kappa shape index (κ2) is 7.70. The molecular weight excluding hydrogens is 223 g/mol. The van der Waals surface area contributed by atoms with E-state index in [4.69, 9.17) is 20.3 Å². The van der Waals surface area contributed by atoms with Crippen LogP contribution in [0.25, 0.3) is 0 Å². The summed E-state index contributed by atoms with van der Waals surface area (Å²) >= 11 is 5.54. The zero-order valence-electron chi connectivity index (χ0n) is 9.16. The maximum atomic E-state index is 11.3. The summed E-state index contributed by atoms with van der Waals surface area (Å²) in [4.78, 5) is 0. The summed E-state index contributed by atoms with van der Waals surface area (Å²) in [5, 5.41) is 0. The molecule has 0 heterocycles. The normalized spacial score (nSPS) is 15.8. The molecule has 86 valence electrons. The van der Waals surface area contributed by atoms with Gasteiger partial charge in [-0.3, -0.25) is 9.05 Å². The van der Waals surface area contributed by atoms with Crippen molar-refractivity contribution in [2.45, 2.75) is 40.0 Å². The summed E-state index contributed by atoms with van der Waals surface area (Å²) in [6.45, 7) is 3.68. The van der Waals surface area contributed by atoms with Gasteiger partial charge in [0, 0.05) is 11.2 Å². The molecule has 1 unspecified atom stereocenters. The molecule has 0 aromatic carbocycles. The van der Waals surface area contributed by atoms with Crippen LogP contribution in [0.3, 0.4) is 0 Å². The van der Waals surface area contributed by atoms with Crippen molar-refractivity contribution in [3.8, 4) is 0 Å². The topological polar surface area (TPSA) is 35.5 Å². The number of halogens is 1. The molecule has 0 spiro atoms. The third kappa shape index (κ3) is 9.01. The third-order valence-corrected chi connectivity index (χ3v) is 3.19. The quantitative estimate of drug-likeness (QED) is 0.472. The molecule has 0 fully saturated rings. The average molecular weight is 243 g/mol. The van der Waals surface area contributed by atoms with E-state index < -0.39 is 6.95 Å². The first-order chi connectivity index (χ1) is 6.48. The van der Waals surface area contributed by atoms with Crippen LogP contribution in [-0.2, 0) is 13.6 Å². The van der Waals surface area contributed by atoms with Gasteiger partial charge in [0.05, 0.1) is 13.2 Å². The first-order valence-corrected chi connectivity index (χ1v) is 7.51. The van der Waals surface area contributed by atoms with Crippen LogP contribution >= 0.6 is 18.2 Å². The first kappa shape index (κ1) is 14.4. The molecule has 0 amide bonds. The van der Waals surface area contributed by atoms with E-state index in [1.54, 1.807) is 0 Å². The SMILES string of the molecule is CCCOP(=O)(Cl)OCCCC(C)C. The van der Waals surface area contributed by atoms with Crippen LogP contribution in [0.1, 0.15) is 40.0 Å². The van der Waals surface area contributed by atoms with Crippen LogP contribution in [0.4, 0.5) is 0 Å². The van der Waals surface area contributed by atoms with Crippen LogP contribution in [0.5, 0.6) is 0 Å². The smallest absolute Gasteiger partial charge is 0.297 e. The summed E-state index contributed by atoms with van der Waals surface area (Å²) in [6, 6.07) is 0. The highest BCUT2D eigenvalue weighted by molar-refractivity contribution is 7.81. The number of hydrogen-bond donors (Lipinski definition) is 0. The summed E-state index contributed by atoms with van der Waals surface area (Å²) in [7, 11) is 0. The first-order valence-electron chi connectivity index (χ1n) is 5.06. The van der Waals surface area contributed by atoms with Gasteiger partial charge in [0.15, 0.2) is 0 Å². The highest BCUT2D eigenvalue weighted by Gasteiger charge is 2.19. The zero-order chi connectivity index (χ0) is 11.0. The van der Waals surface area contributed by atoms with Crippen LogP contribution < -0.4 is 0 Å².